The molecule has 1 unspecified atom stereocenters. The van der Waals surface area contributed by atoms with Crippen LogP contribution in [0.5, 0.6) is 0 Å². The van der Waals surface area contributed by atoms with Crippen molar-refractivity contribution in [3.63, 3.8) is 0 Å². The molecule has 3 nitrogen and oxygen atoms in total. The second-order valence-electron chi connectivity index (χ2n) is 3.64. The molecule has 80 valence electrons. The first kappa shape index (κ1) is 12.9. The molecule has 1 N–H and O–H groups in total. The van der Waals surface area contributed by atoms with Crippen LogP contribution < -0.4 is 5.32 Å². The molecule has 0 bridgehead atoms. The maximum Gasteiger partial charge on any atom is 0.0699 e. The zero-order valence-electron chi connectivity index (χ0n) is 9.47. The maximum atomic E-state index is 5.73. The number of rotatable bonds is 8. The Bertz CT molecular complexity index is 101. The van der Waals surface area contributed by atoms with E-state index in [1.807, 2.05) is 7.05 Å². The second kappa shape index (κ2) is 8.48. The zero-order valence-corrected chi connectivity index (χ0v) is 9.47. The predicted octanol–water partition coefficient (Wildman–Crippen LogP) is 0.953. The van der Waals surface area contributed by atoms with Gasteiger partial charge in [-0.2, -0.15) is 0 Å². The van der Waals surface area contributed by atoms with E-state index in [0.29, 0.717) is 6.10 Å². The van der Waals surface area contributed by atoms with E-state index >= 15 is 0 Å². The maximum absolute atomic E-state index is 5.73. The summed E-state index contributed by atoms with van der Waals surface area (Å²) < 4.78 is 5.73. The lowest BCUT2D eigenvalue weighted by atomic mass is 10.2. The average Bonchev–Trinajstić information content (AvgIpc) is 2.04. The van der Waals surface area contributed by atoms with Gasteiger partial charge in [0.25, 0.3) is 0 Å². The molecule has 0 aliphatic rings. The van der Waals surface area contributed by atoms with Gasteiger partial charge in [-0.25, -0.2) is 0 Å². The van der Waals surface area contributed by atoms with Crippen LogP contribution in [0.3, 0.4) is 0 Å². The van der Waals surface area contributed by atoms with Crippen LogP contribution in [0.15, 0.2) is 0 Å². The number of likely N-dealkylation sites (N-methyl/N-ethyl adjacent to an activating group) is 2. The van der Waals surface area contributed by atoms with Gasteiger partial charge in [-0.3, -0.25) is 0 Å². The first-order chi connectivity index (χ1) is 6.20. The van der Waals surface area contributed by atoms with Crippen molar-refractivity contribution in [3.05, 3.63) is 0 Å². The molecule has 0 fully saturated rings. The Balaban J connectivity index is 3.44. The summed E-state index contributed by atoms with van der Waals surface area (Å²) in [6.07, 6.45) is 2.72. The third-order valence-corrected chi connectivity index (χ3v) is 1.93. The Kier molecular flexibility index (Phi) is 8.40. The highest BCUT2D eigenvalue weighted by Gasteiger charge is 2.05. The summed E-state index contributed by atoms with van der Waals surface area (Å²) in [5, 5.41) is 3.15. The molecule has 0 aromatic rings. The van der Waals surface area contributed by atoms with Crippen molar-refractivity contribution in [3.8, 4) is 0 Å². The largest absolute Gasteiger partial charge is 0.376 e. The number of hydrogen-bond donors (Lipinski definition) is 1. The van der Waals surface area contributed by atoms with E-state index in [1.165, 1.54) is 6.42 Å². The van der Waals surface area contributed by atoms with Gasteiger partial charge in [0.15, 0.2) is 0 Å². The smallest absolute Gasteiger partial charge is 0.0699 e. The molecular weight excluding hydrogens is 164 g/mol. The second-order valence-corrected chi connectivity index (χ2v) is 3.64. The quantitative estimate of drug-likeness (QED) is 0.614. The van der Waals surface area contributed by atoms with Crippen molar-refractivity contribution in [1.82, 2.24) is 10.2 Å². The van der Waals surface area contributed by atoms with Crippen LogP contribution in [-0.4, -0.2) is 51.8 Å². The average molecular weight is 188 g/mol. The minimum Gasteiger partial charge on any atom is -0.376 e. The predicted molar refractivity (Wildman–Crippen MR) is 57.1 cm³/mol. The van der Waals surface area contributed by atoms with Crippen LogP contribution in [-0.2, 0) is 4.74 Å². The Labute approximate surface area is 82.4 Å². The van der Waals surface area contributed by atoms with Crippen LogP contribution in [0.25, 0.3) is 0 Å². The van der Waals surface area contributed by atoms with Gasteiger partial charge in [-0.05, 0) is 27.6 Å². The Morgan fingerprint density at radius 2 is 2.08 bits per heavy atom. The molecule has 0 heterocycles. The van der Waals surface area contributed by atoms with Crippen LogP contribution in [0.1, 0.15) is 19.8 Å². The van der Waals surface area contributed by atoms with Crippen molar-refractivity contribution in [1.29, 1.82) is 0 Å². The lowest BCUT2D eigenvalue weighted by molar-refractivity contribution is 0.0398. The molecule has 0 radical (unpaired) electrons. The van der Waals surface area contributed by atoms with Gasteiger partial charge in [0.2, 0.25) is 0 Å². The van der Waals surface area contributed by atoms with Crippen molar-refractivity contribution < 1.29 is 4.74 Å². The molecule has 0 aromatic heterocycles. The molecule has 0 rings (SSSR count). The molecule has 0 aliphatic heterocycles. The summed E-state index contributed by atoms with van der Waals surface area (Å²) >= 11 is 0. The first-order valence-corrected chi connectivity index (χ1v) is 5.11. The van der Waals surface area contributed by atoms with E-state index in [1.54, 1.807) is 0 Å². The molecular formula is C10H24N2O. The minimum absolute atomic E-state index is 0.384. The Morgan fingerprint density at radius 1 is 1.38 bits per heavy atom. The Morgan fingerprint density at radius 3 is 2.54 bits per heavy atom. The van der Waals surface area contributed by atoms with Gasteiger partial charge >= 0.3 is 0 Å². The summed E-state index contributed by atoms with van der Waals surface area (Å²) in [6, 6.07) is 0. The molecule has 0 aromatic carbocycles. The summed E-state index contributed by atoms with van der Waals surface area (Å²) in [4.78, 5) is 2.14. The van der Waals surface area contributed by atoms with Crippen LogP contribution in [0, 0.1) is 0 Å². The molecule has 0 amide bonds. The lowest BCUT2D eigenvalue weighted by Crippen LogP contribution is -2.29. The van der Waals surface area contributed by atoms with Gasteiger partial charge in [-0.15, -0.1) is 0 Å². The van der Waals surface area contributed by atoms with E-state index in [2.05, 4.69) is 31.2 Å². The number of nitrogens with one attached hydrogen (secondary N) is 1. The molecule has 1 atom stereocenters. The fraction of sp³-hybridized carbons (Fsp3) is 1.00. The monoisotopic (exact) mass is 188 g/mol. The Hall–Kier alpha value is -0.120. The van der Waals surface area contributed by atoms with Gasteiger partial charge in [0.1, 0.15) is 0 Å². The topological polar surface area (TPSA) is 24.5 Å². The fourth-order valence-corrected chi connectivity index (χ4v) is 1.20. The van der Waals surface area contributed by atoms with E-state index in [-0.39, 0.29) is 0 Å². The van der Waals surface area contributed by atoms with Crippen molar-refractivity contribution in [2.24, 2.45) is 0 Å². The van der Waals surface area contributed by atoms with Gasteiger partial charge in [0.05, 0.1) is 12.7 Å². The van der Waals surface area contributed by atoms with E-state index < -0.39 is 0 Å². The summed E-state index contributed by atoms with van der Waals surface area (Å²) in [5.74, 6) is 0. The van der Waals surface area contributed by atoms with E-state index in [0.717, 1.165) is 26.1 Å². The normalized spacial score (nSPS) is 13.6. The lowest BCUT2D eigenvalue weighted by Gasteiger charge is -2.18. The SMILES string of the molecule is CCCC(CNC)OCCN(C)C. The van der Waals surface area contributed by atoms with Crippen LogP contribution in [0.2, 0.25) is 0 Å². The number of ether oxygens (including phenoxy) is 1. The summed E-state index contributed by atoms with van der Waals surface area (Å²) in [5.41, 5.74) is 0. The third kappa shape index (κ3) is 8.22. The summed E-state index contributed by atoms with van der Waals surface area (Å²) in [7, 11) is 6.10. The van der Waals surface area contributed by atoms with E-state index in [4.69, 9.17) is 4.74 Å². The minimum atomic E-state index is 0.384. The van der Waals surface area contributed by atoms with Crippen molar-refractivity contribution in [2.75, 3.05) is 40.8 Å². The highest BCUT2D eigenvalue weighted by atomic mass is 16.5. The van der Waals surface area contributed by atoms with Crippen molar-refractivity contribution >= 4 is 0 Å². The highest BCUT2D eigenvalue weighted by Crippen LogP contribution is 2.00. The van der Waals surface area contributed by atoms with E-state index in [9.17, 15) is 0 Å². The van der Waals surface area contributed by atoms with Crippen molar-refractivity contribution in [2.45, 2.75) is 25.9 Å². The third-order valence-electron chi connectivity index (χ3n) is 1.93. The summed E-state index contributed by atoms with van der Waals surface area (Å²) in [6.45, 7) is 4.99. The van der Waals surface area contributed by atoms with Gasteiger partial charge in [0, 0.05) is 13.1 Å². The highest BCUT2D eigenvalue weighted by molar-refractivity contribution is 4.59. The molecule has 13 heavy (non-hydrogen) atoms. The first-order valence-electron chi connectivity index (χ1n) is 5.11. The van der Waals surface area contributed by atoms with Gasteiger partial charge in [-0.1, -0.05) is 13.3 Å². The molecule has 0 saturated heterocycles. The van der Waals surface area contributed by atoms with Gasteiger partial charge < -0.3 is 15.0 Å². The molecule has 0 saturated carbocycles. The number of hydrogen-bond acceptors (Lipinski definition) is 3. The van der Waals surface area contributed by atoms with Crippen LogP contribution >= 0.6 is 0 Å². The molecule has 0 spiro atoms. The zero-order chi connectivity index (χ0) is 10.1. The standard InChI is InChI=1S/C10H24N2O/c1-5-6-10(9-11-2)13-8-7-12(3)4/h10-11H,5-9H2,1-4H3. The molecule has 3 heteroatoms. The fourth-order valence-electron chi connectivity index (χ4n) is 1.20. The molecule has 0 aliphatic carbocycles. The van der Waals surface area contributed by atoms with Crippen LogP contribution in [0.4, 0.5) is 0 Å². The number of nitrogens with zero attached hydrogens (tertiary/aromatic N) is 1.